The summed E-state index contributed by atoms with van der Waals surface area (Å²) in [6.07, 6.45) is -0.775. The molecule has 7 heteroatoms. The van der Waals surface area contributed by atoms with Crippen molar-refractivity contribution in [3.05, 3.63) is 48.0 Å². The predicted molar refractivity (Wildman–Crippen MR) is 101 cm³/mol. The monoisotopic (exact) mass is 370 g/mol. The number of hydrogen-bond acceptors (Lipinski definition) is 5. The minimum Gasteiger partial charge on any atom is -0.493 e. The van der Waals surface area contributed by atoms with Gasteiger partial charge < -0.3 is 24.4 Å². The number of carbonyl (C=O) groups is 2. The van der Waals surface area contributed by atoms with E-state index < -0.39 is 6.10 Å². The summed E-state index contributed by atoms with van der Waals surface area (Å²) in [6.45, 7) is 1.87. The zero-order chi connectivity index (χ0) is 19.4. The second kappa shape index (κ2) is 7.99. The van der Waals surface area contributed by atoms with Crippen LogP contribution in [0, 0.1) is 6.92 Å². The average Bonchev–Trinajstić information content (AvgIpc) is 2.70. The molecule has 142 valence electrons. The third kappa shape index (κ3) is 3.97. The molecule has 1 unspecified atom stereocenters. The van der Waals surface area contributed by atoms with Crippen LogP contribution in [-0.4, -0.2) is 45.2 Å². The van der Waals surface area contributed by atoms with Crippen LogP contribution in [-0.2, 0) is 9.59 Å². The van der Waals surface area contributed by atoms with Gasteiger partial charge in [-0.15, -0.1) is 0 Å². The lowest BCUT2D eigenvalue weighted by atomic mass is 10.1. The Morgan fingerprint density at radius 2 is 2.00 bits per heavy atom. The Hall–Kier alpha value is -3.22. The first-order chi connectivity index (χ1) is 13.0. The molecule has 27 heavy (non-hydrogen) atoms. The summed E-state index contributed by atoms with van der Waals surface area (Å²) in [7, 11) is 3.08. The van der Waals surface area contributed by atoms with Crippen LogP contribution < -0.4 is 24.4 Å². The van der Waals surface area contributed by atoms with Crippen molar-refractivity contribution in [2.24, 2.45) is 0 Å². The van der Waals surface area contributed by atoms with Gasteiger partial charge in [-0.3, -0.25) is 9.59 Å². The molecule has 1 heterocycles. The average molecular weight is 370 g/mol. The highest BCUT2D eigenvalue weighted by molar-refractivity contribution is 5.98. The van der Waals surface area contributed by atoms with Crippen molar-refractivity contribution in [3.63, 3.8) is 0 Å². The van der Waals surface area contributed by atoms with Gasteiger partial charge in [0.15, 0.2) is 24.2 Å². The van der Waals surface area contributed by atoms with Crippen LogP contribution >= 0.6 is 0 Å². The maximum Gasteiger partial charge on any atom is 0.265 e. The van der Waals surface area contributed by atoms with Crippen LogP contribution in [0.25, 0.3) is 0 Å². The van der Waals surface area contributed by atoms with Crippen molar-refractivity contribution in [3.8, 4) is 17.2 Å². The molecule has 0 radical (unpaired) electrons. The smallest absolute Gasteiger partial charge is 0.265 e. The number of ether oxygens (including phenoxy) is 3. The number of rotatable bonds is 5. The van der Waals surface area contributed by atoms with E-state index in [9.17, 15) is 9.59 Å². The van der Waals surface area contributed by atoms with Gasteiger partial charge in [-0.05, 0) is 36.8 Å². The van der Waals surface area contributed by atoms with E-state index in [0.29, 0.717) is 22.9 Å². The highest BCUT2D eigenvalue weighted by atomic mass is 16.5. The molecule has 1 aliphatic heterocycles. The SMILES string of the molecule is CNC(=O)C1CN(C(=O)COc2ccc(C)cc2OC)c2ccccc2O1. The van der Waals surface area contributed by atoms with Gasteiger partial charge in [-0.25, -0.2) is 0 Å². The number of benzene rings is 2. The van der Waals surface area contributed by atoms with Gasteiger partial charge in [0.25, 0.3) is 11.8 Å². The van der Waals surface area contributed by atoms with Gasteiger partial charge in [0, 0.05) is 7.05 Å². The van der Waals surface area contributed by atoms with E-state index in [0.717, 1.165) is 5.56 Å². The molecule has 2 aromatic carbocycles. The summed E-state index contributed by atoms with van der Waals surface area (Å²) >= 11 is 0. The molecule has 0 fully saturated rings. The Bertz CT molecular complexity index is 852. The molecule has 0 bridgehead atoms. The van der Waals surface area contributed by atoms with Gasteiger partial charge in [0.05, 0.1) is 19.3 Å². The molecule has 0 saturated heterocycles. The largest absolute Gasteiger partial charge is 0.493 e. The Morgan fingerprint density at radius 1 is 1.22 bits per heavy atom. The maximum absolute atomic E-state index is 12.8. The molecule has 0 aliphatic carbocycles. The topological polar surface area (TPSA) is 77.1 Å². The van der Waals surface area contributed by atoms with Crippen molar-refractivity contribution < 1.29 is 23.8 Å². The summed E-state index contributed by atoms with van der Waals surface area (Å²) < 4.78 is 16.7. The fourth-order valence-corrected chi connectivity index (χ4v) is 2.88. The number of aryl methyl sites for hydroxylation is 1. The summed E-state index contributed by atoms with van der Waals surface area (Å²) in [5.41, 5.74) is 1.64. The van der Waals surface area contributed by atoms with E-state index in [4.69, 9.17) is 14.2 Å². The number of fused-ring (bicyclic) bond motifs is 1. The van der Waals surface area contributed by atoms with Crippen molar-refractivity contribution in [2.45, 2.75) is 13.0 Å². The van der Waals surface area contributed by atoms with Crippen molar-refractivity contribution >= 4 is 17.5 Å². The Morgan fingerprint density at radius 3 is 2.74 bits per heavy atom. The molecule has 0 aromatic heterocycles. The molecule has 0 spiro atoms. The van der Waals surface area contributed by atoms with Gasteiger partial charge >= 0.3 is 0 Å². The number of hydrogen-bond donors (Lipinski definition) is 1. The first-order valence-corrected chi connectivity index (χ1v) is 8.58. The Labute approximate surface area is 157 Å². The fourth-order valence-electron chi connectivity index (χ4n) is 2.88. The van der Waals surface area contributed by atoms with Crippen molar-refractivity contribution in [2.75, 3.05) is 32.2 Å². The Kier molecular flexibility index (Phi) is 5.49. The zero-order valence-electron chi connectivity index (χ0n) is 15.5. The lowest BCUT2D eigenvalue weighted by molar-refractivity contribution is -0.128. The minimum absolute atomic E-state index is 0.115. The second-order valence-corrected chi connectivity index (χ2v) is 6.14. The number of likely N-dealkylation sites (N-methyl/N-ethyl adjacent to an activating group) is 1. The van der Waals surface area contributed by atoms with Crippen LogP contribution in [0.1, 0.15) is 5.56 Å². The number of carbonyl (C=O) groups excluding carboxylic acids is 2. The van der Waals surface area contributed by atoms with E-state index in [2.05, 4.69) is 5.32 Å². The second-order valence-electron chi connectivity index (χ2n) is 6.14. The highest BCUT2D eigenvalue weighted by Gasteiger charge is 2.33. The van der Waals surface area contributed by atoms with E-state index in [-0.39, 0.29) is 25.0 Å². The van der Waals surface area contributed by atoms with Crippen molar-refractivity contribution in [1.82, 2.24) is 5.32 Å². The molecule has 2 amide bonds. The van der Waals surface area contributed by atoms with Gasteiger partial charge in [0.1, 0.15) is 5.75 Å². The van der Waals surface area contributed by atoms with Crippen LogP contribution in [0.4, 0.5) is 5.69 Å². The third-order valence-electron chi connectivity index (χ3n) is 4.28. The number of nitrogens with one attached hydrogen (secondary N) is 1. The van der Waals surface area contributed by atoms with Crippen LogP contribution in [0.15, 0.2) is 42.5 Å². The molecule has 2 aromatic rings. The summed E-state index contributed by atoms with van der Waals surface area (Å²) in [4.78, 5) is 26.4. The molecule has 7 nitrogen and oxygen atoms in total. The van der Waals surface area contributed by atoms with Crippen LogP contribution in [0.3, 0.4) is 0 Å². The van der Waals surface area contributed by atoms with Crippen LogP contribution in [0.2, 0.25) is 0 Å². The first-order valence-electron chi connectivity index (χ1n) is 8.58. The molecular formula is C20H22N2O5. The number of methoxy groups -OCH3 is 1. The van der Waals surface area contributed by atoms with Crippen LogP contribution in [0.5, 0.6) is 17.2 Å². The quantitative estimate of drug-likeness (QED) is 0.870. The third-order valence-corrected chi connectivity index (χ3v) is 4.28. The Balaban J connectivity index is 1.78. The standard InChI is InChI=1S/C20H22N2O5/c1-13-8-9-16(17(10-13)25-3)26-12-19(23)22-11-18(20(24)21-2)27-15-7-5-4-6-14(15)22/h4-10,18H,11-12H2,1-3H3,(H,21,24). The molecule has 1 atom stereocenters. The zero-order valence-corrected chi connectivity index (χ0v) is 15.5. The van der Waals surface area contributed by atoms with E-state index in [1.165, 1.54) is 11.9 Å². The number of nitrogens with zero attached hydrogens (tertiary/aromatic N) is 1. The van der Waals surface area contributed by atoms with Gasteiger partial charge in [0.2, 0.25) is 0 Å². The molecule has 1 N–H and O–H groups in total. The first kappa shape index (κ1) is 18.6. The lowest BCUT2D eigenvalue weighted by Gasteiger charge is -2.33. The number of anilines is 1. The normalized spacial score (nSPS) is 15.4. The summed E-state index contributed by atoms with van der Waals surface area (Å²) in [6, 6.07) is 12.6. The molecule has 1 aliphatic rings. The maximum atomic E-state index is 12.8. The van der Waals surface area contributed by atoms with Gasteiger partial charge in [-0.2, -0.15) is 0 Å². The lowest BCUT2D eigenvalue weighted by Crippen LogP contribution is -2.51. The van der Waals surface area contributed by atoms with Crippen molar-refractivity contribution in [1.29, 1.82) is 0 Å². The predicted octanol–water partition coefficient (Wildman–Crippen LogP) is 1.92. The van der Waals surface area contributed by atoms with Gasteiger partial charge in [-0.1, -0.05) is 18.2 Å². The number of para-hydroxylation sites is 2. The summed E-state index contributed by atoms with van der Waals surface area (Å²) in [5, 5.41) is 2.55. The number of amides is 2. The highest BCUT2D eigenvalue weighted by Crippen LogP contribution is 2.33. The summed E-state index contributed by atoms with van der Waals surface area (Å²) in [5.74, 6) is 0.971. The molecule has 0 saturated carbocycles. The minimum atomic E-state index is -0.775. The van der Waals surface area contributed by atoms with E-state index in [1.54, 1.807) is 31.4 Å². The molecule has 3 rings (SSSR count). The molecular weight excluding hydrogens is 348 g/mol. The fraction of sp³-hybridized carbons (Fsp3) is 0.300. The van der Waals surface area contributed by atoms with E-state index >= 15 is 0 Å². The van der Waals surface area contributed by atoms with E-state index in [1.807, 2.05) is 25.1 Å².